The Kier molecular flexibility index (Phi) is 15.8. The number of nitrogens with zero attached hydrogens (tertiary/aromatic N) is 8. The number of rotatable bonds is 7. The van der Waals surface area contributed by atoms with E-state index < -0.39 is 60.1 Å². The van der Waals surface area contributed by atoms with Gasteiger partial charge >= 0.3 is 42.6 Å². The fourth-order valence-corrected chi connectivity index (χ4v) is 5.80. The number of aliphatic hydroxyl groups excluding tert-OH is 1. The van der Waals surface area contributed by atoms with E-state index in [1.54, 1.807) is 6.20 Å². The van der Waals surface area contributed by atoms with Gasteiger partial charge in [0.1, 0.15) is 23.6 Å². The molecule has 29 heteroatoms. The molecule has 340 valence electrons. The molecule has 1 atom stereocenters. The van der Waals surface area contributed by atoms with E-state index in [1.165, 1.54) is 19.3 Å². The lowest BCUT2D eigenvalue weighted by Gasteiger charge is -2.53. The Hall–Kier alpha value is -6.31. The van der Waals surface area contributed by atoms with Crippen molar-refractivity contribution in [1.29, 1.82) is 5.26 Å². The van der Waals surface area contributed by atoms with Gasteiger partial charge in [0, 0.05) is 48.5 Å². The number of aliphatic carboxylic acids is 3. The van der Waals surface area contributed by atoms with Gasteiger partial charge in [-0.1, -0.05) is 0 Å². The van der Waals surface area contributed by atoms with Gasteiger partial charge in [0.2, 0.25) is 11.7 Å². The number of alkyl halides is 12. The standard InChI is InChI=1S/C27H28F3N9O2.3C2HF3O2/c1-16(40)21-10-22(37-25(36-21)27(28,29)30)41-19-4-2-18(3-5-19)38-13-26(14-38,7-8-31)39-12-17(11-35-39)23-20-6-9-32-24(20)34-15-33-23;3*3-2(4,5)1(6)7/h6,9-12,15-16,18-19,40H,2-5,7,13-14H2,1H3,(H,32,33,34);3*(H,6,7)/t16?,18-,19+;;;. The SMILES string of the molecule is CC(O)c1cc(O[C@H]2CC[C@@H](N3CC(CC#N)(n4cc(-c5ncnc6[nH]ccc56)cn4)C3)CC2)nc(C(F)(F)F)n1.O=C(O)C(F)(F)F.O=C(O)C(F)(F)F.O=C(O)C(F)(F)F. The second-order valence-electron chi connectivity index (χ2n) is 13.2. The second-order valence-corrected chi connectivity index (χ2v) is 13.2. The highest BCUT2D eigenvalue weighted by molar-refractivity contribution is 5.90. The number of aliphatic hydroxyl groups is 1. The maximum Gasteiger partial charge on any atom is 0.490 e. The van der Waals surface area contributed by atoms with E-state index >= 15 is 0 Å². The van der Waals surface area contributed by atoms with Crippen molar-refractivity contribution in [3.63, 3.8) is 0 Å². The van der Waals surface area contributed by atoms with Crippen LogP contribution >= 0.6 is 0 Å². The smallest absolute Gasteiger partial charge is 0.475 e. The van der Waals surface area contributed by atoms with E-state index in [0.717, 1.165) is 35.1 Å². The summed E-state index contributed by atoms with van der Waals surface area (Å²) in [4.78, 5) is 47.8. The zero-order valence-electron chi connectivity index (χ0n) is 31.2. The van der Waals surface area contributed by atoms with Crippen LogP contribution in [0.15, 0.2) is 37.1 Å². The van der Waals surface area contributed by atoms with Crippen LogP contribution in [0.1, 0.15) is 56.7 Å². The lowest BCUT2D eigenvalue weighted by molar-refractivity contribution is -0.193. The van der Waals surface area contributed by atoms with E-state index in [9.17, 15) is 63.1 Å². The molecule has 1 aliphatic heterocycles. The molecule has 0 aromatic carbocycles. The normalized spacial score (nSPS) is 18.2. The number of carboxylic acid groups (broad SMARTS) is 3. The van der Waals surface area contributed by atoms with E-state index in [2.05, 4.69) is 41.0 Å². The number of hydrogen-bond acceptors (Lipinski definition) is 12. The van der Waals surface area contributed by atoms with Gasteiger partial charge in [-0.2, -0.15) is 68.0 Å². The van der Waals surface area contributed by atoms with Crippen molar-refractivity contribution in [2.75, 3.05) is 13.1 Å². The number of aromatic amines is 1. The molecule has 1 saturated carbocycles. The lowest BCUT2D eigenvalue weighted by atomic mass is 9.82. The minimum absolute atomic E-state index is 0.135. The molecule has 1 unspecified atom stereocenters. The number of fused-ring (bicyclic) bond motifs is 1. The van der Waals surface area contributed by atoms with Gasteiger partial charge in [-0.3, -0.25) is 9.58 Å². The number of aromatic nitrogens is 7. The van der Waals surface area contributed by atoms with E-state index in [1.807, 2.05) is 23.1 Å². The fraction of sp³-hybridized carbons (Fsp3) is 0.485. The quantitative estimate of drug-likeness (QED) is 0.135. The summed E-state index contributed by atoms with van der Waals surface area (Å²) in [6, 6.07) is 5.77. The van der Waals surface area contributed by atoms with Crippen LogP contribution in [0.2, 0.25) is 0 Å². The minimum Gasteiger partial charge on any atom is -0.475 e. The summed E-state index contributed by atoms with van der Waals surface area (Å²) in [7, 11) is 0. The number of nitriles is 1. The Morgan fingerprint density at radius 3 is 1.90 bits per heavy atom. The van der Waals surface area contributed by atoms with Crippen LogP contribution in [0.4, 0.5) is 52.7 Å². The van der Waals surface area contributed by atoms with Crippen molar-refractivity contribution in [2.24, 2.45) is 0 Å². The summed E-state index contributed by atoms with van der Waals surface area (Å²) in [6.07, 6.45) is -11.2. The monoisotopic (exact) mass is 909 g/mol. The first-order chi connectivity index (χ1) is 28.5. The predicted molar refractivity (Wildman–Crippen MR) is 180 cm³/mol. The Labute approximate surface area is 338 Å². The molecule has 2 aliphatic rings. The molecule has 62 heavy (non-hydrogen) atoms. The number of nitrogens with one attached hydrogen (secondary N) is 1. The molecular formula is C33H31F12N9O8. The first kappa shape index (κ1) is 50.0. The third-order valence-electron chi connectivity index (χ3n) is 8.68. The molecular weight excluding hydrogens is 878 g/mol. The number of H-pyrrole nitrogens is 1. The first-order valence-electron chi connectivity index (χ1n) is 17.1. The molecule has 2 fully saturated rings. The Morgan fingerprint density at radius 1 is 0.903 bits per heavy atom. The largest absolute Gasteiger partial charge is 0.490 e. The zero-order chi connectivity index (χ0) is 47.0. The second kappa shape index (κ2) is 19.6. The molecule has 5 N–H and O–H groups in total. The average Bonchev–Trinajstić information content (AvgIpc) is 3.84. The number of halogens is 12. The Morgan fingerprint density at radius 2 is 1.44 bits per heavy atom. The van der Waals surface area contributed by atoms with Crippen molar-refractivity contribution >= 4 is 28.9 Å². The van der Waals surface area contributed by atoms with E-state index in [-0.39, 0.29) is 23.7 Å². The summed E-state index contributed by atoms with van der Waals surface area (Å²) in [5.74, 6) is -9.78. The van der Waals surface area contributed by atoms with Gasteiger partial charge in [-0.05, 0) is 38.7 Å². The van der Waals surface area contributed by atoms with Crippen molar-refractivity contribution in [2.45, 2.75) is 87.5 Å². The van der Waals surface area contributed by atoms with Gasteiger partial charge < -0.3 is 30.1 Å². The molecule has 1 aliphatic carbocycles. The molecule has 17 nitrogen and oxygen atoms in total. The van der Waals surface area contributed by atoms with Crippen molar-refractivity contribution in [1.82, 2.24) is 39.6 Å². The highest BCUT2D eigenvalue weighted by atomic mass is 19.4. The summed E-state index contributed by atoms with van der Waals surface area (Å²) in [5.41, 5.74) is 1.78. The maximum absolute atomic E-state index is 13.3. The van der Waals surface area contributed by atoms with Gasteiger partial charge in [-0.15, -0.1) is 0 Å². The average molecular weight is 910 g/mol. The molecule has 6 rings (SSSR count). The van der Waals surface area contributed by atoms with Gasteiger partial charge in [0.15, 0.2) is 0 Å². The van der Waals surface area contributed by atoms with Crippen molar-refractivity contribution in [3.8, 4) is 23.2 Å². The molecule has 0 radical (unpaired) electrons. The highest BCUT2D eigenvalue weighted by Gasteiger charge is 2.48. The van der Waals surface area contributed by atoms with Gasteiger partial charge in [0.25, 0.3) is 0 Å². The summed E-state index contributed by atoms with van der Waals surface area (Å²) < 4.78 is 143. The van der Waals surface area contributed by atoms with Crippen LogP contribution in [0, 0.1) is 11.3 Å². The molecule has 5 heterocycles. The predicted octanol–water partition coefficient (Wildman–Crippen LogP) is 5.90. The van der Waals surface area contributed by atoms with Crippen LogP contribution in [-0.4, -0.2) is 122 Å². The molecule has 0 bridgehead atoms. The molecule has 4 aromatic heterocycles. The molecule has 0 spiro atoms. The Balaban J connectivity index is 0.000000403. The van der Waals surface area contributed by atoms with Crippen LogP contribution in [0.3, 0.4) is 0 Å². The third kappa shape index (κ3) is 13.6. The Bertz CT molecular complexity index is 2150. The molecule has 0 amide bonds. The summed E-state index contributed by atoms with van der Waals surface area (Å²) in [6.45, 7) is 2.68. The highest BCUT2D eigenvalue weighted by Crippen LogP contribution is 2.39. The minimum atomic E-state index is -5.08. The molecule has 1 saturated heterocycles. The van der Waals surface area contributed by atoms with E-state index in [4.69, 9.17) is 34.4 Å². The zero-order valence-corrected chi connectivity index (χ0v) is 31.2. The first-order valence-corrected chi connectivity index (χ1v) is 17.1. The van der Waals surface area contributed by atoms with Crippen LogP contribution in [0.25, 0.3) is 22.3 Å². The fourth-order valence-electron chi connectivity index (χ4n) is 5.80. The summed E-state index contributed by atoms with van der Waals surface area (Å²) in [5, 5.41) is 46.3. The lowest BCUT2D eigenvalue weighted by Crippen LogP contribution is -2.65. The summed E-state index contributed by atoms with van der Waals surface area (Å²) >= 11 is 0. The van der Waals surface area contributed by atoms with Crippen molar-refractivity contribution in [3.05, 3.63) is 48.6 Å². The topological polar surface area (TPSA) is 254 Å². The molecule has 4 aromatic rings. The van der Waals surface area contributed by atoms with Gasteiger partial charge in [0.05, 0.1) is 36.2 Å². The number of carbonyl (C=O) groups is 3. The van der Waals surface area contributed by atoms with Crippen molar-refractivity contribution < 1.29 is 92.2 Å². The number of carboxylic acids is 3. The van der Waals surface area contributed by atoms with E-state index in [0.29, 0.717) is 32.4 Å². The number of ether oxygens (including phenoxy) is 1. The third-order valence-corrected chi connectivity index (χ3v) is 8.68. The van der Waals surface area contributed by atoms with Crippen LogP contribution < -0.4 is 4.74 Å². The number of likely N-dealkylation sites (tertiary alicyclic amines) is 1. The van der Waals surface area contributed by atoms with Gasteiger partial charge in [-0.25, -0.2) is 29.3 Å². The van der Waals surface area contributed by atoms with Crippen LogP contribution in [-0.2, 0) is 26.1 Å². The van der Waals surface area contributed by atoms with Crippen LogP contribution in [0.5, 0.6) is 5.88 Å². The maximum atomic E-state index is 13.3. The number of hydrogen-bond donors (Lipinski definition) is 5.